The van der Waals surface area contributed by atoms with E-state index >= 15 is 0 Å². The van der Waals surface area contributed by atoms with Crippen LogP contribution in [0.1, 0.15) is 35.6 Å². The van der Waals surface area contributed by atoms with Crippen molar-refractivity contribution >= 4 is 43.8 Å². The molecule has 0 bridgehead atoms. The number of rotatable bonds is 4. The quantitative estimate of drug-likeness (QED) is 0.195. The van der Waals surface area contributed by atoms with E-state index in [0.29, 0.717) is 24.2 Å². The monoisotopic (exact) mass is 636 g/mol. The molecule has 0 spiro atoms. The van der Waals surface area contributed by atoms with Crippen LogP contribution in [0.3, 0.4) is 0 Å². The lowest BCUT2D eigenvalue weighted by Gasteiger charge is -2.14. The van der Waals surface area contributed by atoms with Crippen LogP contribution in [0.5, 0.6) is 0 Å². The first-order valence-electron chi connectivity index (χ1n) is 16.8. The van der Waals surface area contributed by atoms with Crippen molar-refractivity contribution in [2.45, 2.75) is 13.3 Å². The van der Waals surface area contributed by atoms with Crippen LogP contribution >= 0.6 is 0 Å². The van der Waals surface area contributed by atoms with Gasteiger partial charge in [-0.25, -0.2) is 0 Å². The molecule has 9 rings (SSSR count). The van der Waals surface area contributed by atoms with Crippen molar-refractivity contribution in [3.63, 3.8) is 0 Å². The SMILES string of the molecule is CCN/C(C#N)=C1\C2=C(C3=C(C2)C(=C(C#N)C#N)c2cc(-c4ccc5ccccc5c4)ccc23)c2ccc(-c3ccc4ccccc4c3)cc21. The summed E-state index contributed by atoms with van der Waals surface area (Å²) in [7, 11) is 0. The van der Waals surface area contributed by atoms with Crippen molar-refractivity contribution in [2.24, 2.45) is 0 Å². The third-order valence-electron chi connectivity index (χ3n) is 10.3. The Balaban J connectivity index is 1.24. The van der Waals surface area contributed by atoms with Gasteiger partial charge in [-0.1, -0.05) is 97.1 Å². The molecule has 0 unspecified atom stereocenters. The van der Waals surface area contributed by atoms with Crippen LogP contribution in [0.15, 0.2) is 144 Å². The van der Waals surface area contributed by atoms with Gasteiger partial charge in [-0.05, 0) is 120 Å². The Morgan fingerprint density at radius 2 is 0.980 bits per heavy atom. The third-order valence-corrected chi connectivity index (χ3v) is 10.3. The van der Waals surface area contributed by atoms with E-state index < -0.39 is 0 Å². The van der Waals surface area contributed by atoms with Crippen molar-refractivity contribution < 1.29 is 0 Å². The Morgan fingerprint density at radius 3 is 1.48 bits per heavy atom. The van der Waals surface area contributed by atoms with Gasteiger partial charge in [0.05, 0.1) is 0 Å². The fraction of sp³-hybridized carbons (Fsp3) is 0.0652. The molecule has 50 heavy (non-hydrogen) atoms. The van der Waals surface area contributed by atoms with Gasteiger partial charge in [0.1, 0.15) is 29.5 Å². The Hall–Kier alpha value is -6.93. The van der Waals surface area contributed by atoms with Crippen molar-refractivity contribution in [3.05, 3.63) is 166 Å². The molecule has 0 saturated heterocycles. The molecule has 0 heterocycles. The molecule has 0 atom stereocenters. The van der Waals surface area contributed by atoms with Crippen LogP contribution in [0.25, 0.3) is 66.1 Å². The number of allylic oxidation sites excluding steroid dienone is 8. The number of nitrogens with zero attached hydrogens (tertiary/aromatic N) is 3. The molecule has 232 valence electrons. The highest BCUT2D eigenvalue weighted by Gasteiger charge is 2.43. The summed E-state index contributed by atoms with van der Waals surface area (Å²) in [6.07, 6.45) is 0.527. The van der Waals surface area contributed by atoms with Crippen molar-refractivity contribution in [1.82, 2.24) is 5.32 Å². The molecule has 0 aromatic heterocycles. The summed E-state index contributed by atoms with van der Waals surface area (Å²) in [5.41, 5.74) is 14.8. The van der Waals surface area contributed by atoms with Gasteiger partial charge in [-0.3, -0.25) is 0 Å². The van der Waals surface area contributed by atoms with Gasteiger partial charge >= 0.3 is 0 Å². The summed E-state index contributed by atoms with van der Waals surface area (Å²) < 4.78 is 0. The van der Waals surface area contributed by atoms with Crippen LogP contribution in [0.2, 0.25) is 0 Å². The van der Waals surface area contributed by atoms with E-state index in [9.17, 15) is 15.8 Å². The topological polar surface area (TPSA) is 83.4 Å². The zero-order valence-electron chi connectivity index (χ0n) is 27.3. The maximum absolute atomic E-state index is 10.4. The molecular formula is C46H28N4. The summed E-state index contributed by atoms with van der Waals surface area (Å²) in [5.74, 6) is 0. The molecule has 6 aromatic rings. The molecule has 0 fully saturated rings. The number of benzene rings is 6. The molecule has 3 aliphatic rings. The molecule has 1 N–H and O–H groups in total. The second-order valence-electron chi connectivity index (χ2n) is 12.9. The number of hydrogen-bond acceptors (Lipinski definition) is 4. The normalized spacial score (nSPS) is 14.9. The minimum atomic E-state index is 0.109. The summed E-state index contributed by atoms with van der Waals surface area (Å²) in [6.45, 7) is 2.61. The zero-order chi connectivity index (χ0) is 33.9. The van der Waals surface area contributed by atoms with E-state index in [1.807, 2.05) is 19.1 Å². The van der Waals surface area contributed by atoms with E-state index in [1.165, 1.54) is 16.2 Å². The van der Waals surface area contributed by atoms with Gasteiger partial charge in [-0.15, -0.1) is 0 Å². The fourth-order valence-electron chi connectivity index (χ4n) is 8.11. The van der Waals surface area contributed by atoms with E-state index in [1.54, 1.807) is 0 Å². The van der Waals surface area contributed by atoms with Gasteiger partial charge in [0.2, 0.25) is 0 Å². The number of nitriles is 3. The largest absolute Gasteiger partial charge is 0.376 e. The van der Waals surface area contributed by atoms with Crippen LogP contribution in [0, 0.1) is 34.0 Å². The van der Waals surface area contributed by atoms with Gasteiger partial charge in [0, 0.05) is 24.1 Å². The van der Waals surface area contributed by atoms with E-state index in [0.717, 1.165) is 77.8 Å². The van der Waals surface area contributed by atoms with Gasteiger partial charge in [-0.2, -0.15) is 15.8 Å². The van der Waals surface area contributed by atoms with E-state index in [2.05, 4.69) is 133 Å². The lowest BCUT2D eigenvalue weighted by atomic mass is 9.89. The first-order chi connectivity index (χ1) is 24.6. The highest BCUT2D eigenvalue weighted by atomic mass is 14.9. The first kappa shape index (κ1) is 29.2. The van der Waals surface area contributed by atoms with Gasteiger partial charge in [0.15, 0.2) is 0 Å². The molecule has 4 heteroatoms. The molecule has 6 aromatic carbocycles. The second-order valence-corrected chi connectivity index (χ2v) is 12.9. The van der Waals surface area contributed by atoms with Gasteiger partial charge in [0.25, 0.3) is 0 Å². The van der Waals surface area contributed by atoms with Crippen molar-refractivity contribution in [1.29, 1.82) is 15.8 Å². The maximum atomic E-state index is 10.4. The highest BCUT2D eigenvalue weighted by molar-refractivity contribution is 6.27. The van der Waals surface area contributed by atoms with E-state index in [4.69, 9.17) is 0 Å². The van der Waals surface area contributed by atoms with Crippen LogP contribution < -0.4 is 5.32 Å². The Morgan fingerprint density at radius 1 is 0.520 bits per heavy atom. The molecule has 4 nitrogen and oxygen atoms in total. The van der Waals surface area contributed by atoms with Crippen LogP contribution in [0.4, 0.5) is 0 Å². The minimum Gasteiger partial charge on any atom is -0.376 e. The number of hydrogen-bond donors (Lipinski definition) is 1. The molecular weight excluding hydrogens is 609 g/mol. The standard InChI is InChI=1S/C46H28N4/c1-2-50-42(26-49)44-39-22-34(32-14-12-28-8-4-6-10-30(28)20-32)16-18-37(39)46-41(44)23-40-43(35(24-47)25-48)38-21-33(15-17-36(38)45(40)46)31-13-11-27-7-3-5-9-29(27)19-31/h3-22,50H,2,23H2,1H3/b44-42-. The second kappa shape index (κ2) is 11.4. The highest BCUT2D eigenvalue weighted by Crippen LogP contribution is 2.62. The third kappa shape index (κ3) is 4.28. The van der Waals surface area contributed by atoms with Crippen LogP contribution in [-0.2, 0) is 0 Å². The van der Waals surface area contributed by atoms with E-state index in [-0.39, 0.29) is 5.57 Å². The Labute approximate surface area is 290 Å². The van der Waals surface area contributed by atoms with Crippen molar-refractivity contribution in [3.8, 4) is 40.5 Å². The molecule has 0 saturated carbocycles. The Kier molecular flexibility index (Phi) is 6.63. The Bertz CT molecular complexity index is 2750. The average Bonchev–Trinajstić information content (AvgIpc) is 3.79. The molecule has 0 aliphatic heterocycles. The minimum absolute atomic E-state index is 0.109. The summed E-state index contributed by atoms with van der Waals surface area (Å²) >= 11 is 0. The smallest absolute Gasteiger partial charge is 0.137 e. The van der Waals surface area contributed by atoms with Crippen LogP contribution in [-0.4, -0.2) is 6.54 Å². The lowest BCUT2D eigenvalue weighted by Crippen LogP contribution is -2.13. The first-order valence-corrected chi connectivity index (χ1v) is 16.8. The predicted octanol–water partition coefficient (Wildman–Crippen LogP) is 10.6. The zero-order valence-corrected chi connectivity index (χ0v) is 27.3. The average molecular weight is 637 g/mol. The summed E-state index contributed by atoms with van der Waals surface area (Å²) in [6, 6.07) is 49.5. The molecule has 0 radical (unpaired) electrons. The number of fused-ring (bicyclic) bond motifs is 7. The molecule has 0 amide bonds. The van der Waals surface area contributed by atoms with Crippen molar-refractivity contribution in [2.75, 3.05) is 6.54 Å². The summed E-state index contributed by atoms with van der Waals surface area (Å²) in [4.78, 5) is 0. The lowest BCUT2D eigenvalue weighted by molar-refractivity contribution is 0.884. The molecule has 3 aliphatic carbocycles. The predicted molar refractivity (Wildman–Crippen MR) is 202 cm³/mol. The fourth-order valence-corrected chi connectivity index (χ4v) is 8.11. The maximum Gasteiger partial charge on any atom is 0.137 e. The van der Waals surface area contributed by atoms with Gasteiger partial charge < -0.3 is 5.32 Å². The number of nitrogens with one attached hydrogen (secondary N) is 1. The summed E-state index contributed by atoms with van der Waals surface area (Å²) in [5, 5.41) is 38.9.